The first kappa shape index (κ1) is 16.9. The van der Waals surface area contributed by atoms with Gasteiger partial charge in [-0.05, 0) is 31.9 Å². The summed E-state index contributed by atoms with van der Waals surface area (Å²) in [6, 6.07) is 7.90. The van der Waals surface area contributed by atoms with Crippen LogP contribution in [0.3, 0.4) is 0 Å². The maximum atomic E-state index is 9.49. The van der Waals surface area contributed by atoms with E-state index >= 15 is 0 Å². The fourth-order valence-electron chi connectivity index (χ4n) is 2.74. The van der Waals surface area contributed by atoms with Crippen LogP contribution in [0.5, 0.6) is 5.88 Å². The lowest BCUT2D eigenvalue weighted by molar-refractivity contribution is 0.173. The van der Waals surface area contributed by atoms with Crippen LogP contribution >= 0.6 is 12.4 Å². The van der Waals surface area contributed by atoms with Crippen molar-refractivity contribution in [2.24, 2.45) is 0 Å². The highest BCUT2D eigenvalue weighted by Gasteiger charge is 2.19. The number of rotatable bonds is 5. The van der Waals surface area contributed by atoms with Crippen LogP contribution in [0, 0.1) is 6.92 Å². The van der Waals surface area contributed by atoms with Gasteiger partial charge >= 0.3 is 0 Å². The van der Waals surface area contributed by atoms with Crippen molar-refractivity contribution in [2.75, 3.05) is 26.2 Å². The Kier molecular flexibility index (Phi) is 5.94. The van der Waals surface area contributed by atoms with Crippen molar-refractivity contribution >= 4 is 23.3 Å². The van der Waals surface area contributed by atoms with Gasteiger partial charge in [-0.3, -0.25) is 0 Å². The third-order valence-electron chi connectivity index (χ3n) is 3.79. The molecule has 1 aliphatic heterocycles. The number of ether oxygens (including phenoxy) is 1. The van der Waals surface area contributed by atoms with Gasteiger partial charge in [-0.25, -0.2) is 4.98 Å². The third-order valence-corrected chi connectivity index (χ3v) is 3.79. The Labute approximate surface area is 136 Å². The van der Waals surface area contributed by atoms with Crippen molar-refractivity contribution in [3.05, 3.63) is 30.1 Å². The average Bonchev–Trinajstić information content (AvgIpc) is 2.89. The molecule has 1 aliphatic rings. The first-order chi connectivity index (χ1) is 10.2. The molecule has 0 amide bonds. The van der Waals surface area contributed by atoms with E-state index in [1.54, 1.807) is 0 Å². The Bertz CT molecular complexity index is 623. The highest BCUT2D eigenvalue weighted by Crippen LogP contribution is 2.22. The molecule has 0 spiro atoms. The van der Waals surface area contributed by atoms with E-state index in [2.05, 4.69) is 14.9 Å². The largest absolute Gasteiger partial charge is 0.477 e. The second-order valence-corrected chi connectivity index (χ2v) is 5.54. The Hall–Kier alpha value is -1.43. The lowest BCUT2D eigenvalue weighted by Crippen LogP contribution is -2.24. The predicted octanol–water partition coefficient (Wildman–Crippen LogP) is 2.20. The highest BCUT2D eigenvalue weighted by molar-refractivity contribution is 5.85. The van der Waals surface area contributed by atoms with E-state index in [0.717, 1.165) is 49.2 Å². The van der Waals surface area contributed by atoms with Gasteiger partial charge in [0.1, 0.15) is 5.82 Å². The molecule has 1 aromatic heterocycles. The molecule has 1 N–H and O–H groups in total. The number of halogens is 1. The molecule has 6 heteroatoms. The topological polar surface area (TPSA) is 58.5 Å². The third kappa shape index (κ3) is 4.06. The quantitative estimate of drug-likeness (QED) is 0.855. The van der Waals surface area contributed by atoms with E-state index < -0.39 is 0 Å². The van der Waals surface area contributed by atoms with Gasteiger partial charge in [-0.15, -0.1) is 12.4 Å². The van der Waals surface area contributed by atoms with Crippen LogP contribution in [-0.2, 0) is 0 Å². The van der Waals surface area contributed by atoms with Crippen LogP contribution in [0.15, 0.2) is 24.3 Å². The minimum Gasteiger partial charge on any atom is -0.477 e. The minimum atomic E-state index is -0.153. The maximum Gasteiger partial charge on any atom is 0.224 e. The zero-order valence-corrected chi connectivity index (χ0v) is 13.6. The van der Waals surface area contributed by atoms with Gasteiger partial charge in [0.05, 0.1) is 23.6 Å². The molecule has 1 atom stereocenters. The molecule has 1 unspecified atom stereocenters. The number of aliphatic hydroxyl groups excluding tert-OH is 1. The van der Waals surface area contributed by atoms with Gasteiger partial charge in [0.2, 0.25) is 5.88 Å². The first-order valence-corrected chi connectivity index (χ1v) is 7.49. The van der Waals surface area contributed by atoms with E-state index in [0.29, 0.717) is 12.5 Å². The van der Waals surface area contributed by atoms with Crippen molar-refractivity contribution in [3.8, 4) is 5.88 Å². The van der Waals surface area contributed by atoms with E-state index in [4.69, 9.17) is 4.74 Å². The highest BCUT2D eigenvalue weighted by atomic mass is 35.5. The van der Waals surface area contributed by atoms with Crippen LogP contribution in [0.25, 0.3) is 10.9 Å². The van der Waals surface area contributed by atoms with Gasteiger partial charge < -0.3 is 14.7 Å². The summed E-state index contributed by atoms with van der Waals surface area (Å²) in [4.78, 5) is 11.1. The van der Waals surface area contributed by atoms with E-state index in [1.165, 1.54) is 0 Å². The second kappa shape index (κ2) is 7.72. The SMILES string of the molecule is Cc1nc(OCCCN2CCC(O)C2)c2ccccc2n1.Cl. The average molecular weight is 324 g/mol. The lowest BCUT2D eigenvalue weighted by atomic mass is 10.2. The van der Waals surface area contributed by atoms with E-state index in [1.807, 2.05) is 31.2 Å². The van der Waals surface area contributed by atoms with Crippen molar-refractivity contribution in [3.63, 3.8) is 0 Å². The summed E-state index contributed by atoms with van der Waals surface area (Å²) in [7, 11) is 0. The van der Waals surface area contributed by atoms with Gasteiger partial charge in [0, 0.05) is 19.6 Å². The predicted molar refractivity (Wildman–Crippen MR) is 88.7 cm³/mol. The number of benzene rings is 1. The zero-order chi connectivity index (χ0) is 14.7. The lowest BCUT2D eigenvalue weighted by Gasteiger charge is -2.15. The molecule has 120 valence electrons. The number of β-amino-alcohol motifs (C(OH)–C–C–N with tert-alkyl or cyclic N) is 1. The van der Waals surface area contributed by atoms with Gasteiger partial charge in [-0.1, -0.05) is 12.1 Å². The number of nitrogens with zero attached hydrogens (tertiary/aromatic N) is 3. The fraction of sp³-hybridized carbons (Fsp3) is 0.500. The summed E-state index contributed by atoms with van der Waals surface area (Å²) in [5, 5.41) is 10.5. The summed E-state index contributed by atoms with van der Waals surface area (Å²) >= 11 is 0. The molecule has 1 aromatic carbocycles. The molecule has 2 aromatic rings. The van der Waals surface area contributed by atoms with Crippen molar-refractivity contribution in [1.82, 2.24) is 14.9 Å². The first-order valence-electron chi connectivity index (χ1n) is 7.49. The Balaban J connectivity index is 0.00000176. The number of para-hydroxylation sites is 1. The van der Waals surface area contributed by atoms with Gasteiger partial charge in [-0.2, -0.15) is 4.98 Å². The molecule has 0 radical (unpaired) electrons. The summed E-state index contributed by atoms with van der Waals surface area (Å²) in [6.07, 6.45) is 1.67. The van der Waals surface area contributed by atoms with Crippen LogP contribution < -0.4 is 4.74 Å². The van der Waals surface area contributed by atoms with Crippen LogP contribution in [0.1, 0.15) is 18.7 Å². The van der Waals surface area contributed by atoms with Gasteiger partial charge in [0.15, 0.2) is 0 Å². The number of aromatic nitrogens is 2. The molecule has 1 saturated heterocycles. The molecular formula is C16H22ClN3O2. The van der Waals surface area contributed by atoms with E-state index in [9.17, 15) is 5.11 Å². The van der Waals surface area contributed by atoms with Crippen molar-refractivity contribution in [1.29, 1.82) is 0 Å². The number of hydrogen-bond acceptors (Lipinski definition) is 5. The Morgan fingerprint density at radius 3 is 2.91 bits per heavy atom. The summed E-state index contributed by atoms with van der Waals surface area (Å²) < 4.78 is 5.85. The zero-order valence-electron chi connectivity index (χ0n) is 12.7. The molecule has 0 aliphatic carbocycles. The van der Waals surface area contributed by atoms with Crippen molar-refractivity contribution in [2.45, 2.75) is 25.9 Å². The second-order valence-electron chi connectivity index (χ2n) is 5.54. The van der Waals surface area contributed by atoms with Crippen LogP contribution in [0.4, 0.5) is 0 Å². The molecule has 5 nitrogen and oxygen atoms in total. The van der Waals surface area contributed by atoms with Gasteiger partial charge in [0.25, 0.3) is 0 Å². The fourth-order valence-corrected chi connectivity index (χ4v) is 2.74. The van der Waals surface area contributed by atoms with E-state index in [-0.39, 0.29) is 18.5 Å². The number of likely N-dealkylation sites (tertiary alicyclic amines) is 1. The molecule has 1 fully saturated rings. The van der Waals surface area contributed by atoms with Crippen LogP contribution in [0.2, 0.25) is 0 Å². The number of hydrogen-bond donors (Lipinski definition) is 1. The molecule has 0 saturated carbocycles. The molecule has 3 rings (SSSR count). The summed E-state index contributed by atoms with van der Waals surface area (Å²) in [5.41, 5.74) is 0.919. The van der Waals surface area contributed by atoms with Crippen LogP contribution in [-0.4, -0.2) is 52.3 Å². The molecule has 2 heterocycles. The number of aryl methyl sites for hydroxylation is 1. The van der Waals surface area contributed by atoms with Crippen molar-refractivity contribution < 1.29 is 9.84 Å². The number of fused-ring (bicyclic) bond motifs is 1. The maximum absolute atomic E-state index is 9.49. The number of aliphatic hydroxyl groups is 1. The summed E-state index contributed by atoms with van der Waals surface area (Å²) in [5.74, 6) is 1.39. The Morgan fingerprint density at radius 2 is 2.14 bits per heavy atom. The molecule has 22 heavy (non-hydrogen) atoms. The monoisotopic (exact) mass is 323 g/mol. The molecule has 0 bridgehead atoms. The minimum absolute atomic E-state index is 0. The standard InChI is InChI=1S/C16H21N3O2.ClH/c1-12-17-15-6-3-2-5-14(15)16(18-12)21-10-4-8-19-9-7-13(20)11-19;/h2-3,5-6,13,20H,4,7-11H2,1H3;1H. The molecular weight excluding hydrogens is 302 g/mol. The summed E-state index contributed by atoms with van der Waals surface area (Å²) in [6.45, 7) is 5.24. The smallest absolute Gasteiger partial charge is 0.224 e. The normalized spacial score (nSPS) is 18.4. The Morgan fingerprint density at radius 1 is 1.32 bits per heavy atom.